The molecule has 0 aromatic heterocycles. The zero-order valence-electron chi connectivity index (χ0n) is 13.2. The first kappa shape index (κ1) is 17.5. The topological polar surface area (TPSA) is 66.7 Å². The number of carbonyl (C=O) groups is 1. The van der Waals surface area contributed by atoms with Crippen LogP contribution in [0.5, 0.6) is 0 Å². The molecule has 1 aliphatic heterocycles. The van der Waals surface area contributed by atoms with Gasteiger partial charge in [-0.15, -0.1) is 0 Å². The van der Waals surface area contributed by atoms with Crippen LogP contribution in [0.25, 0.3) is 0 Å². The standard InChI is InChI=1S/C17H15Cl2N3O3/c18-12-1-4-14(5-2-12)20-7-9-21(10-8-20)17(23)15-6-3-13(19)11-16(15)22(24)25/h1-6,11H,7-10H2. The van der Waals surface area contributed by atoms with E-state index in [0.29, 0.717) is 31.2 Å². The van der Waals surface area contributed by atoms with Crippen molar-refractivity contribution < 1.29 is 9.72 Å². The zero-order chi connectivity index (χ0) is 18.0. The third-order valence-electron chi connectivity index (χ3n) is 4.15. The number of piperazine rings is 1. The number of hydrogen-bond donors (Lipinski definition) is 0. The lowest BCUT2D eigenvalue weighted by Crippen LogP contribution is -2.48. The smallest absolute Gasteiger partial charge is 0.283 e. The van der Waals surface area contributed by atoms with Gasteiger partial charge < -0.3 is 9.80 Å². The minimum Gasteiger partial charge on any atom is -0.368 e. The van der Waals surface area contributed by atoms with Gasteiger partial charge >= 0.3 is 0 Å². The summed E-state index contributed by atoms with van der Waals surface area (Å²) in [7, 11) is 0. The summed E-state index contributed by atoms with van der Waals surface area (Å²) in [6, 6.07) is 11.6. The molecule has 0 spiro atoms. The van der Waals surface area contributed by atoms with Gasteiger partial charge in [-0.25, -0.2) is 0 Å². The maximum atomic E-state index is 12.7. The molecular weight excluding hydrogens is 365 g/mol. The summed E-state index contributed by atoms with van der Waals surface area (Å²) in [6.45, 7) is 2.27. The van der Waals surface area contributed by atoms with E-state index in [0.717, 1.165) is 5.69 Å². The van der Waals surface area contributed by atoms with Crippen molar-refractivity contribution in [3.63, 3.8) is 0 Å². The Kier molecular flexibility index (Phi) is 5.11. The first-order chi connectivity index (χ1) is 12.0. The van der Waals surface area contributed by atoms with Crippen molar-refractivity contribution in [2.45, 2.75) is 0 Å². The molecule has 1 aliphatic rings. The number of anilines is 1. The number of rotatable bonds is 3. The molecule has 0 bridgehead atoms. The molecule has 2 aromatic carbocycles. The summed E-state index contributed by atoms with van der Waals surface area (Å²) >= 11 is 11.7. The highest BCUT2D eigenvalue weighted by atomic mass is 35.5. The molecule has 3 rings (SSSR count). The molecule has 0 N–H and O–H groups in total. The molecule has 25 heavy (non-hydrogen) atoms. The van der Waals surface area contributed by atoms with E-state index in [-0.39, 0.29) is 22.2 Å². The molecular formula is C17H15Cl2N3O3. The second-order valence-electron chi connectivity index (χ2n) is 5.67. The second-order valence-corrected chi connectivity index (χ2v) is 6.55. The number of carbonyl (C=O) groups excluding carboxylic acids is 1. The number of hydrogen-bond acceptors (Lipinski definition) is 4. The molecule has 1 heterocycles. The van der Waals surface area contributed by atoms with Gasteiger partial charge in [-0.2, -0.15) is 0 Å². The van der Waals surface area contributed by atoms with Crippen molar-refractivity contribution >= 4 is 40.5 Å². The fraction of sp³-hybridized carbons (Fsp3) is 0.235. The van der Waals surface area contributed by atoms with Crippen molar-refractivity contribution in [3.05, 3.63) is 68.2 Å². The van der Waals surface area contributed by atoms with Crippen molar-refractivity contribution in [1.29, 1.82) is 0 Å². The van der Waals surface area contributed by atoms with Crippen molar-refractivity contribution in [3.8, 4) is 0 Å². The van der Waals surface area contributed by atoms with Crippen LogP contribution in [-0.4, -0.2) is 41.9 Å². The van der Waals surface area contributed by atoms with E-state index in [1.54, 1.807) is 4.90 Å². The Morgan fingerprint density at radius 3 is 2.16 bits per heavy atom. The second kappa shape index (κ2) is 7.29. The molecule has 2 aromatic rings. The van der Waals surface area contributed by atoms with E-state index >= 15 is 0 Å². The van der Waals surface area contributed by atoms with Gasteiger partial charge in [0, 0.05) is 48.0 Å². The van der Waals surface area contributed by atoms with Crippen molar-refractivity contribution in [2.24, 2.45) is 0 Å². The Balaban J connectivity index is 1.72. The van der Waals surface area contributed by atoms with E-state index < -0.39 is 4.92 Å². The number of amides is 1. The van der Waals surface area contributed by atoms with Crippen LogP contribution < -0.4 is 4.90 Å². The molecule has 8 heteroatoms. The van der Waals surface area contributed by atoms with Gasteiger partial charge in [0.1, 0.15) is 5.56 Å². The molecule has 0 unspecified atom stereocenters. The number of nitro groups is 1. The minimum atomic E-state index is -0.580. The van der Waals surface area contributed by atoms with Gasteiger partial charge in [0.05, 0.1) is 4.92 Å². The first-order valence-corrected chi connectivity index (χ1v) is 8.45. The Labute approximate surface area is 154 Å². The molecule has 1 fully saturated rings. The number of nitro benzene ring substituents is 1. The summed E-state index contributed by atoms with van der Waals surface area (Å²) in [5, 5.41) is 12.1. The van der Waals surface area contributed by atoms with Crippen LogP contribution in [0.2, 0.25) is 10.0 Å². The molecule has 1 saturated heterocycles. The van der Waals surface area contributed by atoms with Gasteiger partial charge in [0.15, 0.2) is 0 Å². The van der Waals surface area contributed by atoms with Crippen molar-refractivity contribution in [2.75, 3.05) is 31.1 Å². The fourth-order valence-corrected chi connectivity index (χ4v) is 3.12. The summed E-state index contributed by atoms with van der Waals surface area (Å²) in [5.74, 6) is -0.348. The van der Waals surface area contributed by atoms with Gasteiger partial charge in [-0.3, -0.25) is 14.9 Å². The Morgan fingerprint density at radius 1 is 0.960 bits per heavy atom. The molecule has 6 nitrogen and oxygen atoms in total. The van der Waals surface area contributed by atoms with Gasteiger partial charge in [0.25, 0.3) is 11.6 Å². The van der Waals surface area contributed by atoms with E-state index in [1.807, 2.05) is 24.3 Å². The normalized spacial score (nSPS) is 14.5. The quantitative estimate of drug-likeness (QED) is 0.599. The van der Waals surface area contributed by atoms with Crippen molar-refractivity contribution in [1.82, 2.24) is 4.90 Å². The maximum Gasteiger partial charge on any atom is 0.283 e. The zero-order valence-corrected chi connectivity index (χ0v) is 14.7. The molecule has 0 radical (unpaired) electrons. The van der Waals surface area contributed by atoms with E-state index in [2.05, 4.69) is 4.90 Å². The molecule has 0 aliphatic carbocycles. The average Bonchev–Trinajstić information content (AvgIpc) is 2.62. The predicted octanol–water partition coefficient (Wildman–Crippen LogP) is 3.86. The lowest BCUT2D eigenvalue weighted by atomic mass is 10.1. The summed E-state index contributed by atoms with van der Waals surface area (Å²) < 4.78 is 0. The van der Waals surface area contributed by atoms with Crippen LogP contribution in [0.3, 0.4) is 0 Å². The fourth-order valence-electron chi connectivity index (χ4n) is 2.83. The number of halogens is 2. The molecule has 0 saturated carbocycles. The summed E-state index contributed by atoms with van der Waals surface area (Å²) in [6.07, 6.45) is 0. The average molecular weight is 380 g/mol. The number of nitrogens with zero attached hydrogens (tertiary/aromatic N) is 3. The SMILES string of the molecule is O=C(c1ccc(Cl)cc1[N+](=O)[O-])N1CCN(c2ccc(Cl)cc2)CC1. The minimum absolute atomic E-state index is 0.0642. The molecule has 0 atom stereocenters. The van der Waals surface area contributed by atoms with Gasteiger partial charge in [0.2, 0.25) is 0 Å². The van der Waals surface area contributed by atoms with E-state index in [1.165, 1.54) is 18.2 Å². The highest BCUT2D eigenvalue weighted by Gasteiger charge is 2.27. The van der Waals surface area contributed by atoms with Gasteiger partial charge in [-0.05, 0) is 36.4 Å². The first-order valence-electron chi connectivity index (χ1n) is 7.69. The van der Waals surface area contributed by atoms with E-state index in [4.69, 9.17) is 23.2 Å². The highest BCUT2D eigenvalue weighted by molar-refractivity contribution is 6.31. The van der Waals surface area contributed by atoms with Gasteiger partial charge in [-0.1, -0.05) is 23.2 Å². The lowest BCUT2D eigenvalue weighted by Gasteiger charge is -2.36. The van der Waals surface area contributed by atoms with E-state index in [9.17, 15) is 14.9 Å². The van der Waals surface area contributed by atoms with Crippen LogP contribution in [0.4, 0.5) is 11.4 Å². The summed E-state index contributed by atoms with van der Waals surface area (Å²) in [5.41, 5.74) is 0.834. The highest BCUT2D eigenvalue weighted by Crippen LogP contribution is 2.26. The maximum absolute atomic E-state index is 12.7. The Morgan fingerprint density at radius 2 is 1.56 bits per heavy atom. The summed E-state index contributed by atoms with van der Waals surface area (Å²) in [4.78, 5) is 27.0. The Hall–Kier alpha value is -2.31. The Bertz CT molecular complexity index is 803. The van der Waals surface area contributed by atoms with Crippen LogP contribution in [0.1, 0.15) is 10.4 Å². The largest absolute Gasteiger partial charge is 0.368 e. The number of benzene rings is 2. The lowest BCUT2D eigenvalue weighted by molar-refractivity contribution is -0.385. The third-order valence-corrected chi connectivity index (χ3v) is 4.63. The van der Waals surface area contributed by atoms with Crippen LogP contribution >= 0.6 is 23.2 Å². The van der Waals surface area contributed by atoms with Crippen LogP contribution in [0.15, 0.2) is 42.5 Å². The molecule has 130 valence electrons. The van der Waals surface area contributed by atoms with Crippen LogP contribution in [-0.2, 0) is 0 Å². The third kappa shape index (κ3) is 3.86. The monoisotopic (exact) mass is 379 g/mol. The predicted molar refractivity (Wildman–Crippen MR) is 97.7 cm³/mol. The van der Waals surface area contributed by atoms with Crippen LogP contribution in [0, 0.1) is 10.1 Å². The molecule has 1 amide bonds.